The lowest BCUT2D eigenvalue weighted by atomic mass is 10.1. The van der Waals surface area contributed by atoms with Crippen LogP contribution in [0.2, 0.25) is 0 Å². The van der Waals surface area contributed by atoms with Gasteiger partial charge in [-0.15, -0.1) is 0 Å². The Bertz CT molecular complexity index is 794. The third-order valence-electron chi connectivity index (χ3n) is 4.35. The molecule has 3 N–H and O–H groups in total. The lowest BCUT2D eigenvalue weighted by Crippen LogP contribution is -2.33. The summed E-state index contributed by atoms with van der Waals surface area (Å²) in [4.78, 5) is 23.7. The van der Waals surface area contributed by atoms with E-state index in [2.05, 4.69) is 15.3 Å². The van der Waals surface area contributed by atoms with E-state index < -0.39 is 0 Å². The van der Waals surface area contributed by atoms with Gasteiger partial charge in [0, 0.05) is 30.8 Å². The predicted molar refractivity (Wildman–Crippen MR) is 106 cm³/mol. The maximum absolute atomic E-state index is 13.2. The third kappa shape index (κ3) is 4.74. The summed E-state index contributed by atoms with van der Waals surface area (Å²) < 4.78 is 5.54. The van der Waals surface area contributed by atoms with Gasteiger partial charge in [0.25, 0.3) is 5.91 Å². The normalized spacial score (nSPS) is 12.6. The second-order valence-corrected chi connectivity index (χ2v) is 6.91. The molecule has 144 valence electrons. The largest absolute Gasteiger partial charge is 0.493 e. The lowest BCUT2D eigenvalue weighted by Gasteiger charge is -2.23. The number of unbranched alkanes of at least 4 members (excludes halogenated alkanes) is 1. The van der Waals surface area contributed by atoms with E-state index in [1.807, 2.05) is 32.0 Å². The van der Waals surface area contributed by atoms with Crippen molar-refractivity contribution in [2.45, 2.75) is 39.2 Å². The number of carbonyl (C=O) groups is 1. The fraction of sp³-hybridized carbons (Fsp3) is 0.450. The Morgan fingerprint density at radius 2 is 2.19 bits per heavy atom. The Morgan fingerprint density at radius 3 is 2.96 bits per heavy atom. The van der Waals surface area contributed by atoms with Crippen LogP contribution in [0.1, 0.15) is 42.6 Å². The van der Waals surface area contributed by atoms with Gasteiger partial charge in [0.2, 0.25) is 5.95 Å². The smallest absolute Gasteiger partial charge is 0.259 e. The SMILES string of the molecule is CC(C)Nc1nccc(N(CCCCN)C(=O)c2ccc3c(c2)CCO3)n1. The molecular formula is C20H27N5O2. The number of anilines is 2. The average Bonchev–Trinajstić information content (AvgIpc) is 3.12. The van der Waals surface area contributed by atoms with Crippen LogP contribution < -0.4 is 20.7 Å². The first-order valence-corrected chi connectivity index (χ1v) is 9.45. The molecule has 3 rings (SSSR count). The highest BCUT2D eigenvalue weighted by molar-refractivity contribution is 6.05. The summed E-state index contributed by atoms with van der Waals surface area (Å²) in [6.45, 7) is 5.87. The molecule has 0 atom stereocenters. The van der Waals surface area contributed by atoms with Gasteiger partial charge in [-0.1, -0.05) is 0 Å². The van der Waals surface area contributed by atoms with Crippen LogP contribution in [-0.4, -0.2) is 41.6 Å². The van der Waals surface area contributed by atoms with E-state index in [-0.39, 0.29) is 11.9 Å². The van der Waals surface area contributed by atoms with Crippen LogP contribution in [0.25, 0.3) is 0 Å². The molecule has 0 saturated heterocycles. The van der Waals surface area contributed by atoms with Gasteiger partial charge in [-0.25, -0.2) is 4.98 Å². The van der Waals surface area contributed by atoms with E-state index in [9.17, 15) is 4.79 Å². The van der Waals surface area contributed by atoms with E-state index in [4.69, 9.17) is 10.5 Å². The molecule has 27 heavy (non-hydrogen) atoms. The predicted octanol–water partition coefficient (Wildman–Crippen LogP) is 2.62. The summed E-state index contributed by atoms with van der Waals surface area (Å²) in [7, 11) is 0. The van der Waals surface area contributed by atoms with Crippen LogP contribution in [0.4, 0.5) is 11.8 Å². The van der Waals surface area contributed by atoms with Gasteiger partial charge in [0.05, 0.1) is 6.61 Å². The molecule has 7 nitrogen and oxygen atoms in total. The summed E-state index contributed by atoms with van der Waals surface area (Å²) in [5, 5.41) is 3.18. The number of benzene rings is 1. The monoisotopic (exact) mass is 369 g/mol. The van der Waals surface area contributed by atoms with Crippen LogP contribution in [0.3, 0.4) is 0 Å². The highest BCUT2D eigenvalue weighted by atomic mass is 16.5. The van der Waals surface area contributed by atoms with Crippen molar-refractivity contribution in [2.75, 3.05) is 29.9 Å². The first-order valence-electron chi connectivity index (χ1n) is 9.45. The maximum Gasteiger partial charge on any atom is 0.259 e. The van der Waals surface area contributed by atoms with Gasteiger partial charge in [0.1, 0.15) is 11.6 Å². The molecule has 0 aliphatic carbocycles. The number of rotatable bonds is 8. The number of aromatic nitrogens is 2. The number of carbonyl (C=O) groups excluding carboxylic acids is 1. The van der Waals surface area contributed by atoms with Gasteiger partial charge >= 0.3 is 0 Å². The minimum atomic E-state index is -0.0732. The Kier molecular flexibility index (Phi) is 6.24. The maximum atomic E-state index is 13.2. The summed E-state index contributed by atoms with van der Waals surface area (Å²) in [5.74, 6) is 1.90. The van der Waals surface area contributed by atoms with E-state index in [1.54, 1.807) is 17.2 Å². The molecule has 2 heterocycles. The van der Waals surface area contributed by atoms with Gasteiger partial charge in [-0.05, 0) is 63.1 Å². The van der Waals surface area contributed by atoms with E-state index in [1.165, 1.54) is 0 Å². The fourth-order valence-corrected chi connectivity index (χ4v) is 3.04. The zero-order valence-corrected chi connectivity index (χ0v) is 15.9. The van der Waals surface area contributed by atoms with E-state index >= 15 is 0 Å². The molecule has 0 spiro atoms. The second kappa shape index (κ2) is 8.81. The quantitative estimate of drug-likeness (QED) is 0.695. The lowest BCUT2D eigenvalue weighted by molar-refractivity contribution is 0.0985. The Hall–Kier alpha value is -2.67. The van der Waals surface area contributed by atoms with Crippen molar-refractivity contribution in [2.24, 2.45) is 5.73 Å². The molecule has 0 saturated carbocycles. The number of amides is 1. The zero-order valence-electron chi connectivity index (χ0n) is 15.9. The minimum Gasteiger partial charge on any atom is -0.493 e. The van der Waals surface area contributed by atoms with Crippen molar-refractivity contribution in [1.82, 2.24) is 9.97 Å². The molecule has 1 aliphatic heterocycles. The van der Waals surface area contributed by atoms with Gasteiger partial charge < -0.3 is 15.8 Å². The topological polar surface area (TPSA) is 93.4 Å². The average molecular weight is 369 g/mol. The van der Waals surface area contributed by atoms with E-state index in [0.29, 0.717) is 37.0 Å². The van der Waals surface area contributed by atoms with Gasteiger partial charge in [0.15, 0.2) is 0 Å². The van der Waals surface area contributed by atoms with E-state index in [0.717, 1.165) is 30.6 Å². The third-order valence-corrected chi connectivity index (χ3v) is 4.35. The molecule has 1 aromatic carbocycles. The minimum absolute atomic E-state index is 0.0732. The number of nitrogens with two attached hydrogens (primary N) is 1. The molecule has 0 bridgehead atoms. The summed E-state index contributed by atoms with van der Waals surface area (Å²) in [6, 6.07) is 7.59. The van der Waals surface area contributed by atoms with Crippen LogP contribution in [0.5, 0.6) is 5.75 Å². The number of hydrogen-bond donors (Lipinski definition) is 2. The molecule has 1 aromatic heterocycles. The highest BCUT2D eigenvalue weighted by Crippen LogP contribution is 2.27. The van der Waals surface area contributed by atoms with Crippen molar-refractivity contribution in [1.29, 1.82) is 0 Å². The molecule has 0 radical (unpaired) electrons. The van der Waals surface area contributed by atoms with Crippen LogP contribution >= 0.6 is 0 Å². The van der Waals surface area contributed by atoms with Crippen molar-refractivity contribution in [3.63, 3.8) is 0 Å². The highest BCUT2D eigenvalue weighted by Gasteiger charge is 2.22. The number of nitrogens with one attached hydrogen (secondary N) is 1. The van der Waals surface area contributed by atoms with Crippen LogP contribution in [0.15, 0.2) is 30.5 Å². The Labute approximate surface area is 159 Å². The standard InChI is InChI=1S/C20H27N5O2/c1-14(2)23-20-22-10-7-18(24-20)25(11-4-3-9-21)19(26)16-5-6-17-15(13-16)8-12-27-17/h5-7,10,13-14H,3-4,8-9,11-12,21H2,1-2H3,(H,22,23,24). The molecule has 1 amide bonds. The van der Waals surface area contributed by atoms with Crippen molar-refractivity contribution >= 4 is 17.7 Å². The second-order valence-electron chi connectivity index (χ2n) is 6.91. The molecule has 1 aliphatic rings. The fourth-order valence-electron chi connectivity index (χ4n) is 3.04. The number of ether oxygens (including phenoxy) is 1. The molecular weight excluding hydrogens is 342 g/mol. The van der Waals surface area contributed by atoms with Crippen molar-refractivity contribution < 1.29 is 9.53 Å². The molecule has 2 aromatic rings. The first-order chi connectivity index (χ1) is 13.1. The first kappa shape index (κ1) is 19.1. The number of nitrogens with zero attached hydrogens (tertiary/aromatic N) is 3. The summed E-state index contributed by atoms with van der Waals surface area (Å²) in [5.41, 5.74) is 7.35. The Morgan fingerprint density at radius 1 is 1.33 bits per heavy atom. The van der Waals surface area contributed by atoms with Crippen LogP contribution in [0, 0.1) is 0 Å². The van der Waals surface area contributed by atoms with Gasteiger partial charge in [-0.3, -0.25) is 9.69 Å². The molecule has 0 fully saturated rings. The Balaban J connectivity index is 1.87. The number of hydrogen-bond acceptors (Lipinski definition) is 6. The van der Waals surface area contributed by atoms with Gasteiger partial charge in [-0.2, -0.15) is 4.98 Å². The number of fused-ring (bicyclic) bond motifs is 1. The van der Waals surface area contributed by atoms with Crippen LogP contribution in [-0.2, 0) is 6.42 Å². The zero-order chi connectivity index (χ0) is 19.2. The summed E-state index contributed by atoms with van der Waals surface area (Å²) >= 11 is 0. The molecule has 0 unspecified atom stereocenters. The molecule has 7 heteroatoms. The summed E-state index contributed by atoms with van der Waals surface area (Å²) in [6.07, 6.45) is 4.17. The van der Waals surface area contributed by atoms with Crippen molar-refractivity contribution in [3.05, 3.63) is 41.6 Å². The van der Waals surface area contributed by atoms with Crippen molar-refractivity contribution in [3.8, 4) is 5.75 Å².